The van der Waals surface area contributed by atoms with Crippen molar-refractivity contribution in [2.75, 3.05) is 31.1 Å². The summed E-state index contributed by atoms with van der Waals surface area (Å²) in [6.45, 7) is 8.84. The Morgan fingerprint density at radius 1 is 1.00 bits per heavy atom. The number of anilines is 1. The second-order valence-corrected chi connectivity index (χ2v) is 4.95. The van der Waals surface area contributed by atoms with E-state index in [1.165, 1.54) is 6.42 Å². The third kappa shape index (κ3) is 3.19. The third-order valence-corrected chi connectivity index (χ3v) is 3.45. The summed E-state index contributed by atoms with van der Waals surface area (Å²) in [5, 5.41) is 0. The standard InChI is InChI=1S/C14H21FN2/c1-12(2)16-8-3-9-17(11-10-16)14-6-4-13(15)5-7-14/h4-7,12H,3,8-11H2,1-2H3. The molecule has 2 nitrogen and oxygen atoms in total. The van der Waals surface area contributed by atoms with E-state index in [-0.39, 0.29) is 5.82 Å². The van der Waals surface area contributed by atoms with Gasteiger partial charge in [0.25, 0.3) is 0 Å². The van der Waals surface area contributed by atoms with Crippen LogP contribution in [0.1, 0.15) is 20.3 Å². The molecule has 1 saturated heterocycles. The van der Waals surface area contributed by atoms with Crippen molar-refractivity contribution < 1.29 is 4.39 Å². The minimum atomic E-state index is -0.160. The summed E-state index contributed by atoms with van der Waals surface area (Å²) in [4.78, 5) is 4.85. The molecular weight excluding hydrogens is 215 g/mol. The molecule has 1 heterocycles. The van der Waals surface area contributed by atoms with Crippen LogP contribution in [0, 0.1) is 5.82 Å². The maximum Gasteiger partial charge on any atom is 0.123 e. The number of halogens is 1. The molecular formula is C14H21FN2. The molecule has 0 N–H and O–H groups in total. The molecule has 3 heteroatoms. The van der Waals surface area contributed by atoms with Gasteiger partial charge in [0.15, 0.2) is 0 Å². The van der Waals surface area contributed by atoms with Crippen LogP contribution in [-0.4, -0.2) is 37.1 Å². The smallest absolute Gasteiger partial charge is 0.123 e. The van der Waals surface area contributed by atoms with E-state index in [4.69, 9.17) is 0 Å². The summed E-state index contributed by atoms with van der Waals surface area (Å²) in [5.41, 5.74) is 1.14. The maximum atomic E-state index is 12.9. The van der Waals surface area contributed by atoms with Crippen molar-refractivity contribution in [3.63, 3.8) is 0 Å². The first kappa shape index (κ1) is 12.4. The fourth-order valence-electron chi connectivity index (χ4n) is 2.36. The van der Waals surface area contributed by atoms with Crippen molar-refractivity contribution in [3.8, 4) is 0 Å². The van der Waals surface area contributed by atoms with Crippen LogP contribution in [0.2, 0.25) is 0 Å². The molecule has 0 amide bonds. The van der Waals surface area contributed by atoms with Gasteiger partial charge in [-0.25, -0.2) is 4.39 Å². The van der Waals surface area contributed by atoms with E-state index < -0.39 is 0 Å². The molecule has 1 aromatic rings. The molecule has 1 aliphatic rings. The topological polar surface area (TPSA) is 6.48 Å². The van der Waals surface area contributed by atoms with Gasteiger partial charge in [0.2, 0.25) is 0 Å². The fourth-order valence-corrected chi connectivity index (χ4v) is 2.36. The lowest BCUT2D eigenvalue weighted by atomic mass is 10.2. The molecule has 94 valence electrons. The fraction of sp³-hybridized carbons (Fsp3) is 0.571. The Hall–Kier alpha value is -1.09. The maximum absolute atomic E-state index is 12.9. The van der Waals surface area contributed by atoms with Gasteiger partial charge in [-0.1, -0.05) is 0 Å². The zero-order chi connectivity index (χ0) is 12.3. The van der Waals surface area contributed by atoms with Crippen LogP contribution >= 0.6 is 0 Å². The van der Waals surface area contributed by atoms with E-state index in [1.54, 1.807) is 12.1 Å². The molecule has 17 heavy (non-hydrogen) atoms. The Morgan fingerprint density at radius 3 is 2.35 bits per heavy atom. The van der Waals surface area contributed by atoms with Gasteiger partial charge in [0.1, 0.15) is 5.82 Å². The highest BCUT2D eigenvalue weighted by Gasteiger charge is 2.16. The van der Waals surface area contributed by atoms with E-state index >= 15 is 0 Å². The first-order valence-corrected chi connectivity index (χ1v) is 6.41. The van der Waals surface area contributed by atoms with Crippen molar-refractivity contribution in [2.24, 2.45) is 0 Å². The summed E-state index contributed by atoms with van der Waals surface area (Å²) < 4.78 is 12.9. The van der Waals surface area contributed by atoms with Crippen LogP contribution in [0.4, 0.5) is 10.1 Å². The zero-order valence-corrected chi connectivity index (χ0v) is 10.7. The van der Waals surface area contributed by atoms with E-state index in [1.807, 2.05) is 12.1 Å². The molecule has 1 fully saturated rings. The molecule has 1 aliphatic heterocycles. The molecule has 0 radical (unpaired) electrons. The number of hydrogen-bond donors (Lipinski definition) is 0. The highest BCUT2D eigenvalue weighted by atomic mass is 19.1. The summed E-state index contributed by atoms with van der Waals surface area (Å²) in [7, 11) is 0. The van der Waals surface area contributed by atoms with Crippen molar-refractivity contribution in [1.29, 1.82) is 0 Å². The van der Waals surface area contributed by atoms with Crippen molar-refractivity contribution in [2.45, 2.75) is 26.3 Å². The second-order valence-electron chi connectivity index (χ2n) is 4.95. The molecule has 2 rings (SSSR count). The highest BCUT2D eigenvalue weighted by molar-refractivity contribution is 5.46. The minimum absolute atomic E-state index is 0.160. The van der Waals surface area contributed by atoms with Gasteiger partial charge in [-0.15, -0.1) is 0 Å². The average molecular weight is 236 g/mol. The van der Waals surface area contributed by atoms with Crippen LogP contribution < -0.4 is 4.90 Å². The third-order valence-electron chi connectivity index (χ3n) is 3.45. The van der Waals surface area contributed by atoms with Crippen LogP contribution in [0.25, 0.3) is 0 Å². The van der Waals surface area contributed by atoms with E-state index in [0.29, 0.717) is 6.04 Å². The SMILES string of the molecule is CC(C)N1CCCN(c2ccc(F)cc2)CC1. The molecule has 1 aromatic carbocycles. The Labute approximate surface area is 103 Å². The average Bonchev–Trinajstić information content (AvgIpc) is 2.55. The van der Waals surface area contributed by atoms with Crippen molar-refractivity contribution in [3.05, 3.63) is 30.1 Å². The molecule has 0 bridgehead atoms. The first-order chi connectivity index (χ1) is 8.16. The molecule has 0 spiro atoms. The van der Waals surface area contributed by atoms with Gasteiger partial charge in [0, 0.05) is 37.9 Å². The Bertz CT molecular complexity index is 348. The normalized spacial score (nSPS) is 18.5. The second kappa shape index (κ2) is 5.50. The number of hydrogen-bond acceptors (Lipinski definition) is 2. The van der Waals surface area contributed by atoms with Gasteiger partial charge < -0.3 is 4.90 Å². The van der Waals surface area contributed by atoms with Gasteiger partial charge in [-0.05, 0) is 44.5 Å². The molecule has 0 saturated carbocycles. The summed E-state index contributed by atoms with van der Waals surface area (Å²) in [6.07, 6.45) is 1.18. The van der Waals surface area contributed by atoms with Crippen LogP contribution in [-0.2, 0) is 0 Å². The van der Waals surface area contributed by atoms with Gasteiger partial charge in [-0.3, -0.25) is 4.90 Å². The summed E-state index contributed by atoms with van der Waals surface area (Å²) in [5.74, 6) is -0.160. The van der Waals surface area contributed by atoms with Gasteiger partial charge in [0.05, 0.1) is 0 Å². The van der Waals surface area contributed by atoms with E-state index in [9.17, 15) is 4.39 Å². The molecule has 0 unspecified atom stereocenters. The lowest BCUT2D eigenvalue weighted by Crippen LogP contribution is -2.35. The zero-order valence-electron chi connectivity index (χ0n) is 10.7. The van der Waals surface area contributed by atoms with Crippen molar-refractivity contribution in [1.82, 2.24) is 4.90 Å². The Balaban J connectivity index is 2.01. The first-order valence-electron chi connectivity index (χ1n) is 6.41. The monoisotopic (exact) mass is 236 g/mol. The van der Waals surface area contributed by atoms with Crippen LogP contribution in [0.5, 0.6) is 0 Å². The van der Waals surface area contributed by atoms with Crippen LogP contribution in [0.3, 0.4) is 0 Å². The molecule has 0 aliphatic carbocycles. The predicted octanol–water partition coefficient (Wildman–Crippen LogP) is 2.75. The van der Waals surface area contributed by atoms with Crippen molar-refractivity contribution >= 4 is 5.69 Å². The number of benzene rings is 1. The van der Waals surface area contributed by atoms with Gasteiger partial charge >= 0.3 is 0 Å². The lowest BCUT2D eigenvalue weighted by Gasteiger charge is -2.25. The molecule has 0 aromatic heterocycles. The molecule has 0 atom stereocenters. The highest BCUT2D eigenvalue weighted by Crippen LogP contribution is 2.17. The quantitative estimate of drug-likeness (QED) is 0.779. The Kier molecular flexibility index (Phi) is 4.00. The number of rotatable bonds is 2. The summed E-state index contributed by atoms with van der Waals surface area (Å²) in [6, 6.07) is 7.45. The summed E-state index contributed by atoms with van der Waals surface area (Å²) >= 11 is 0. The van der Waals surface area contributed by atoms with E-state index in [2.05, 4.69) is 23.6 Å². The Morgan fingerprint density at radius 2 is 1.71 bits per heavy atom. The van der Waals surface area contributed by atoms with Crippen LogP contribution in [0.15, 0.2) is 24.3 Å². The minimum Gasteiger partial charge on any atom is -0.370 e. The predicted molar refractivity (Wildman–Crippen MR) is 69.9 cm³/mol. The van der Waals surface area contributed by atoms with Gasteiger partial charge in [-0.2, -0.15) is 0 Å². The van der Waals surface area contributed by atoms with E-state index in [0.717, 1.165) is 31.9 Å². The largest absolute Gasteiger partial charge is 0.370 e. The number of nitrogens with zero attached hydrogens (tertiary/aromatic N) is 2. The lowest BCUT2D eigenvalue weighted by molar-refractivity contribution is 0.238.